The van der Waals surface area contributed by atoms with Gasteiger partial charge in [-0.2, -0.15) is 0 Å². The van der Waals surface area contributed by atoms with Gasteiger partial charge in [-0.15, -0.1) is 0 Å². The van der Waals surface area contributed by atoms with Crippen LogP contribution in [0.25, 0.3) is 32.7 Å². The van der Waals surface area contributed by atoms with Crippen molar-refractivity contribution in [3.05, 3.63) is 95.1 Å². The van der Waals surface area contributed by atoms with E-state index >= 15 is 0 Å². The van der Waals surface area contributed by atoms with E-state index in [1.165, 1.54) is 43.8 Å². The molecule has 4 aromatic rings. The molecule has 0 unspecified atom stereocenters. The Kier molecular flexibility index (Phi) is 3.35. The lowest BCUT2D eigenvalue weighted by molar-refractivity contribution is 0.754. The predicted octanol–water partition coefficient (Wildman–Crippen LogP) is 7.29. The Morgan fingerprint density at radius 3 is 1.43 bits per heavy atom. The van der Waals surface area contributed by atoms with Crippen LogP contribution in [0.4, 0.5) is 0 Å². The largest absolute Gasteiger partial charge is 0.0616 e. The third-order valence-electron chi connectivity index (χ3n) is 6.90. The van der Waals surface area contributed by atoms with Crippen molar-refractivity contribution in [2.24, 2.45) is 11.8 Å². The molecule has 0 bridgehead atoms. The van der Waals surface area contributed by atoms with E-state index in [0.29, 0.717) is 11.8 Å². The van der Waals surface area contributed by atoms with Crippen LogP contribution in [-0.4, -0.2) is 0 Å². The highest BCUT2D eigenvalue weighted by molar-refractivity contribution is 6.10. The Bertz CT molecular complexity index is 1190. The molecule has 2 aliphatic rings. The first kappa shape index (κ1) is 16.1. The molecule has 0 heteroatoms. The van der Waals surface area contributed by atoms with Gasteiger partial charge < -0.3 is 0 Å². The third kappa shape index (κ3) is 2.12. The summed E-state index contributed by atoms with van der Waals surface area (Å²) in [5, 5.41) is 5.56. The van der Waals surface area contributed by atoms with Gasteiger partial charge in [-0.05, 0) is 79.6 Å². The van der Waals surface area contributed by atoms with E-state index in [4.69, 9.17) is 0 Å². The lowest BCUT2D eigenvalue weighted by Crippen LogP contribution is -2.00. The number of benzene rings is 4. The maximum absolute atomic E-state index is 2.42. The van der Waals surface area contributed by atoms with E-state index in [1.54, 1.807) is 11.1 Å². The van der Waals surface area contributed by atoms with E-state index < -0.39 is 0 Å². The van der Waals surface area contributed by atoms with E-state index in [9.17, 15) is 0 Å². The number of allylic oxidation sites excluding steroid dienone is 2. The molecule has 0 radical (unpaired) electrons. The van der Waals surface area contributed by atoms with Crippen molar-refractivity contribution in [1.29, 1.82) is 0 Å². The average Bonchev–Trinajstić information content (AvgIpc) is 3.23. The first-order chi connectivity index (χ1) is 13.7. The van der Waals surface area contributed by atoms with Crippen LogP contribution in [0.3, 0.4) is 0 Å². The van der Waals surface area contributed by atoms with Gasteiger partial charge >= 0.3 is 0 Å². The van der Waals surface area contributed by atoms with Gasteiger partial charge in [0.25, 0.3) is 0 Å². The highest BCUT2D eigenvalue weighted by Gasteiger charge is 2.34. The van der Waals surface area contributed by atoms with Gasteiger partial charge in [0.15, 0.2) is 0 Å². The second-order valence-corrected chi connectivity index (χ2v) is 8.68. The fourth-order valence-electron chi connectivity index (χ4n) is 5.77. The minimum atomic E-state index is 0.572. The minimum absolute atomic E-state index is 0.572. The molecule has 0 aliphatic heterocycles. The van der Waals surface area contributed by atoms with Crippen molar-refractivity contribution in [3.63, 3.8) is 0 Å². The van der Waals surface area contributed by atoms with Crippen molar-refractivity contribution in [1.82, 2.24) is 0 Å². The molecule has 0 fully saturated rings. The number of fused-ring (bicyclic) bond motifs is 6. The molecule has 28 heavy (non-hydrogen) atoms. The van der Waals surface area contributed by atoms with Crippen molar-refractivity contribution < 1.29 is 0 Å². The normalized spacial score (nSPS) is 23.4. The Morgan fingerprint density at radius 2 is 0.964 bits per heavy atom. The molecule has 4 aromatic carbocycles. The summed E-state index contributed by atoms with van der Waals surface area (Å²) in [6.45, 7) is 4.85. The molecular formula is C28H24. The summed E-state index contributed by atoms with van der Waals surface area (Å²) >= 11 is 0. The zero-order valence-corrected chi connectivity index (χ0v) is 16.5. The predicted molar refractivity (Wildman–Crippen MR) is 120 cm³/mol. The number of rotatable bonds is 0. The van der Waals surface area contributed by atoms with Crippen LogP contribution in [0.2, 0.25) is 0 Å². The minimum Gasteiger partial charge on any atom is -0.0616 e. The van der Waals surface area contributed by atoms with Crippen LogP contribution in [-0.2, 0) is 12.8 Å². The number of hydrogen-bond acceptors (Lipinski definition) is 0. The summed E-state index contributed by atoms with van der Waals surface area (Å²) in [7, 11) is 0. The molecule has 6 rings (SSSR count). The summed E-state index contributed by atoms with van der Waals surface area (Å²) in [5.41, 5.74) is 9.30. The molecule has 2 atom stereocenters. The second kappa shape index (κ2) is 5.82. The third-order valence-corrected chi connectivity index (χ3v) is 6.90. The van der Waals surface area contributed by atoms with Gasteiger partial charge in [0, 0.05) is 0 Å². The summed E-state index contributed by atoms with van der Waals surface area (Å²) in [6, 6.07) is 27.2. The van der Waals surface area contributed by atoms with Gasteiger partial charge in [-0.25, -0.2) is 0 Å². The molecule has 0 aromatic heterocycles. The van der Waals surface area contributed by atoms with Crippen molar-refractivity contribution in [2.45, 2.75) is 26.7 Å². The van der Waals surface area contributed by atoms with Crippen LogP contribution in [0.1, 0.15) is 36.1 Å². The van der Waals surface area contributed by atoms with E-state index in [-0.39, 0.29) is 0 Å². The first-order valence-corrected chi connectivity index (χ1v) is 10.5. The molecule has 0 N–H and O–H groups in total. The maximum atomic E-state index is 2.42. The fourth-order valence-corrected chi connectivity index (χ4v) is 5.77. The van der Waals surface area contributed by atoms with Crippen LogP contribution in [0.5, 0.6) is 0 Å². The SMILES string of the molecule is C[C@@H]1Cc2ccc3ccccc3c2/C1=C1/c2c(ccc3ccccc23)C[C@H]1C. The van der Waals surface area contributed by atoms with E-state index in [1.807, 2.05) is 0 Å². The van der Waals surface area contributed by atoms with Crippen LogP contribution >= 0.6 is 0 Å². The van der Waals surface area contributed by atoms with Crippen molar-refractivity contribution in [3.8, 4) is 0 Å². The van der Waals surface area contributed by atoms with Gasteiger partial charge in [0.1, 0.15) is 0 Å². The standard InChI is InChI=1S/C28H24/c1-17-15-21-13-11-19-7-3-5-9-23(19)27(21)25(17)26-18(2)16-22-14-12-20-8-4-6-10-24(20)28(22)26/h3-14,17-18H,15-16H2,1-2H3/b26-25+/t17-,18-/m1/s1. The van der Waals surface area contributed by atoms with E-state index in [0.717, 1.165) is 12.8 Å². The van der Waals surface area contributed by atoms with Crippen LogP contribution in [0.15, 0.2) is 72.8 Å². The van der Waals surface area contributed by atoms with E-state index in [2.05, 4.69) is 86.6 Å². The Morgan fingerprint density at radius 1 is 0.536 bits per heavy atom. The van der Waals surface area contributed by atoms with Crippen molar-refractivity contribution in [2.75, 3.05) is 0 Å². The van der Waals surface area contributed by atoms with Gasteiger partial charge in [0.05, 0.1) is 0 Å². The van der Waals surface area contributed by atoms with Gasteiger partial charge in [-0.3, -0.25) is 0 Å². The zero-order valence-electron chi connectivity index (χ0n) is 16.5. The molecule has 0 nitrogen and oxygen atoms in total. The average molecular weight is 361 g/mol. The quantitative estimate of drug-likeness (QED) is 0.309. The smallest absolute Gasteiger partial charge is 0.0106 e. The van der Waals surface area contributed by atoms with Gasteiger partial charge in [-0.1, -0.05) is 86.6 Å². The second-order valence-electron chi connectivity index (χ2n) is 8.68. The molecule has 136 valence electrons. The maximum Gasteiger partial charge on any atom is -0.0106 e. The molecule has 0 amide bonds. The topological polar surface area (TPSA) is 0 Å². The molecule has 0 saturated carbocycles. The monoisotopic (exact) mass is 360 g/mol. The first-order valence-electron chi connectivity index (χ1n) is 10.5. The lowest BCUT2D eigenvalue weighted by atomic mass is 9.85. The molecule has 0 heterocycles. The molecule has 0 saturated heterocycles. The highest BCUT2D eigenvalue weighted by Crippen LogP contribution is 2.51. The van der Waals surface area contributed by atoms with Crippen molar-refractivity contribution >= 4 is 32.7 Å². The van der Waals surface area contributed by atoms with Crippen LogP contribution in [0, 0.1) is 11.8 Å². The Balaban J connectivity index is 1.75. The summed E-state index contributed by atoms with van der Waals surface area (Å²) < 4.78 is 0. The summed E-state index contributed by atoms with van der Waals surface area (Å²) in [6.07, 6.45) is 2.32. The summed E-state index contributed by atoms with van der Waals surface area (Å²) in [4.78, 5) is 0. The zero-order chi connectivity index (χ0) is 18.8. The highest BCUT2D eigenvalue weighted by atomic mass is 14.4. The fraction of sp³-hybridized carbons (Fsp3) is 0.214. The summed E-state index contributed by atoms with van der Waals surface area (Å²) in [5.74, 6) is 1.14. The van der Waals surface area contributed by atoms with Gasteiger partial charge in [0.2, 0.25) is 0 Å². The Hall–Kier alpha value is -2.86. The molecule has 0 spiro atoms. The number of hydrogen-bond donors (Lipinski definition) is 0. The van der Waals surface area contributed by atoms with Crippen LogP contribution < -0.4 is 0 Å². The Labute approximate surface area is 166 Å². The molecule has 2 aliphatic carbocycles. The molecular weight excluding hydrogens is 336 g/mol. The lowest BCUT2D eigenvalue weighted by Gasteiger charge is -2.18.